The van der Waals surface area contributed by atoms with Gasteiger partial charge in [-0.3, -0.25) is 4.79 Å². The van der Waals surface area contributed by atoms with E-state index in [4.69, 9.17) is 9.47 Å². The fraction of sp³-hybridized carbons (Fsp3) is 0.278. The second-order valence-corrected chi connectivity index (χ2v) is 7.11. The van der Waals surface area contributed by atoms with Crippen LogP contribution in [0, 0.1) is 0 Å². The van der Waals surface area contributed by atoms with Gasteiger partial charge in [0.05, 0.1) is 25.1 Å². The molecule has 3 aromatic rings. The van der Waals surface area contributed by atoms with Crippen LogP contribution < -0.4 is 20.3 Å². The summed E-state index contributed by atoms with van der Waals surface area (Å²) in [4.78, 5) is 29.7. The van der Waals surface area contributed by atoms with Crippen molar-refractivity contribution in [2.24, 2.45) is 0 Å². The number of rotatable bonds is 4. The summed E-state index contributed by atoms with van der Waals surface area (Å²) in [6, 6.07) is 8.25. The van der Waals surface area contributed by atoms with Gasteiger partial charge in [0.25, 0.3) is 5.56 Å². The van der Waals surface area contributed by atoms with Gasteiger partial charge < -0.3 is 14.8 Å². The SMILES string of the molecule is COc1ccc(C(C)(C)NC(=O)n2sc3ncccc3c2=O)cc1OC. The van der Waals surface area contributed by atoms with Crippen molar-refractivity contribution in [2.75, 3.05) is 14.2 Å². The Balaban J connectivity index is 1.92. The van der Waals surface area contributed by atoms with Gasteiger partial charge in [-0.25, -0.2) is 9.78 Å². The normalized spacial score (nSPS) is 11.4. The minimum absolute atomic E-state index is 0.376. The minimum Gasteiger partial charge on any atom is -0.493 e. The molecule has 0 unspecified atom stereocenters. The average Bonchev–Trinajstić information content (AvgIpc) is 2.98. The predicted octanol–water partition coefficient (Wildman–Crippen LogP) is 2.97. The maximum absolute atomic E-state index is 12.7. The third-order valence-corrected chi connectivity index (χ3v) is 5.09. The molecule has 1 aromatic carbocycles. The molecule has 0 aliphatic heterocycles. The smallest absolute Gasteiger partial charge is 0.338 e. The van der Waals surface area contributed by atoms with Crippen LogP contribution in [0.4, 0.5) is 4.79 Å². The summed E-state index contributed by atoms with van der Waals surface area (Å²) in [6.45, 7) is 3.70. The number of fused-ring (bicyclic) bond motifs is 1. The summed E-state index contributed by atoms with van der Waals surface area (Å²) < 4.78 is 11.6. The number of nitrogens with one attached hydrogen (secondary N) is 1. The van der Waals surface area contributed by atoms with Crippen LogP contribution in [0.25, 0.3) is 10.2 Å². The molecule has 7 nitrogen and oxygen atoms in total. The van der Waals surface area contributed by atoms with E-state index in [9.17, 15) is 9.59 Å². The Hall–Kier alpha value is -2.87. The molecule has 0 radical (unpaired) electrons. The Bertz CT molecular complexity index is 1020. The number of pyridine rings is 1. The molecule has 0 spiro atoms. The van der Waals surface area contributed by atoms with Crippen LogP contribution >= 0.6 is 11.5 Å². The molecule has 0 saturated heterocycles. The van der Waals surface area contributed by atoms with E-state index in [1.54, 1.807) is 44.7 Å². The van der Waals surface area contributed by atoms with E-state index in [1.165, 1.54) is 0 Å². The van der Waals surface area contributed by atoms with Crippen molar-refractivity contribution in [1.29, 1.82) is 0 Å². The molecule has 0 bridgehead atoms. The van der Waals surface area contributed by atoms with Gasteiger partial charge in [-0.15, -0.1) is 0 Å². The zero-order valence-electron chi connectivity index (χ0n) is 14.9. The monoisotopic (exact) mass is 373 g/mol. The van der Waals surface area contributed by atoms with Crippen LogP contribution in [0.3, 0.4) is 0 Å². The Morgan fingerprint density at radius 1 is 1.19 bits per heavy atom. The van der Waals surface area contributed by atoms with Crippen LogP contribution in [-0.2, 0) is 5.54 Å². The van der Waals surface area contributed by atoms with Crippen molar-refractivity contribution in [3.63, 3.8) is 0 Å². The lowest BCUT2D eigenvalue weighted by Crippen LogP contribution is -2.44. The van der Waals surface area contributed by atoms with Crippen LogP contribution in [0.15, 0.2) is 41.3 Å². The van der Waals surface area contributed by atoms with Gasteiger partial charge in [0, 0.05) is 6.20 Å². The maximum Gasteiger partial charge on any atom is 0.338 e. The molecule has 2 aromatic heterocycles. The molecule has 26 heavy (non-hydrogen) atoms. The topological polar surface area (TPSA) is 82.5 Å². The highest BCUT2D eigenvalue weighted by Crippen LogP contribution is 2.32. The molecule has 0 aliphatic rings. The van der Waals surface area contributed by atoms with E-state index in [2.05, 4.69) is 10.3 Å². The number of carbonyl (C=O) groups is 1. The lowest BCUT2D eigenvalue weighted by molar-refractivity contribution is 0.233. The van der Waals surface area contributed by atoms with Gasteiger partial charge in [-0.05, 0) is 55.2 Å². The van der Waals surface area contributed by atoms with Gasteiger partial charge in [-0.1, -0.05) is 6.07 Å². The van der Waals surface area contributed by atoms with E-state index in [-0.39, 0.29) is 5.56 Å². The fourth-order valence-electron chi connectivity index (χ4n) is 2.61. The first-order chi connectivity index (χ1) is 12.4. The highest BCUT2D eigenvalue weighted by Gasteiger charge is 2.26. The fourth-order valence-corrected chi connectivity index (χ4v) is 3.46. The first-order valence-electron chi connectivity index (χ1n) is 7.89. The Kier molecular flexibility index (Phi) is 4.69. The third kappa shape index (κ3) is 3.15. The lowest BCUT2D eigenvalue weighted by Gasteiger charge is -2.27. The van der Waals surface area contributed by atoms with E-state index in [0.29, 0.717) is 21.7 Å². The molecule has 8 heteroatoms. The molecule has 1 N–H and O–H groups in total. The molecule has 0 saturated carbocycles. The number of ether oxygens (including phenoxy) is 2. The average molecular weight is 373 g/mol. The number of carbonyl (C=O) groups excluding carboxylic acids is 1. The van der Waals surface area contributed by atoms with Gasteiger partial charge in [0.2, 0.25) is 0 Å². The van der Waals surface area contributed by atoms with Crippen LogP contribution in [0.2, 0.25) is 0 Å². The van der Waals surface area contributed by atoms with Crippen molar-refractivity contribution in [1.82, 2.24) is 14.3 Å². The summed E-state index contributed by atoms with van der Waals surface area (Å²) in [6.07, 6.45) is 1.59. The van der Waals surface area contributed by atoms with Crippen molar-refractivity contribution < 1.29 is 14.3 Å². The van der Waals surface area contributed by atoms with Crippen molar-refractivity contribution in [3.8, 4) is 11.5 Å². The molecule has 0 atom stereocenters. The van der Waals surface area contributed by atoms with Crippen molar-refractivity contribution in [2.45, 2.75) is 19.4 Å². The van der Waals surface area contributed by atoms with Crippen molar-refractivity contribution in [3.05, 3.63) is 52.4 Å². The van der Waals surface area contributed by atoms with E-state index < -0.39 is 11.6 Å². The molecule has 1 amide bonds. The molecular formula is C18H19N3O4S. The Labute approximate surface area is 154 Å². The first-order valence-corrected chi connectivity index (χ1v) is 8.67. The van der Waals surface area contributed by atoms with Crippen molar-refractivity contribution >= 4 is 27.8 Å². The lowest BCUT2D eigenvalue weighted by atomic mass is 9.94. The number of benzene rings is 1. The number of amides is 1. The summed E-state index contributed by atoms with van der Waals surface area (Å²) in [7, 11) is 3.11. The highest BCUT2D eigenvalue weighted by molar-refractivity contribution is 7.14. The predicted molar refractivity (Wildman–Crippen MR) is 100 cm³/mol. The summed E-state index contributed by atoms with van der Waals surface area (Å²) >= 11 is 1.02. The summed E-state index contributed by atoms with van der Waals surface area (Å²) in [5, 5.41) is 3.32. The highest BCUT2D eigenvalue weighted by atomic mass is 32.1. The molecular weight excluding hydrogens is 354 g/mol. The molecule has 0 aliphatic carbocycles. The second kappa shape index (κ2) is 6.80. The van der Waals surface area contributed by atoms with Crippen LogP contribution in [-0.4, -0.2) is 29.2 Å². The number of nitrogens with zero attached hydrogens (tertiary/aromatic N) is 2. The number of hydrogen-bond acceptors (Lipinski definition) is 6. The molecule has 3 rings (SSSR count). The number of hydrogen-bond donors (Lipinski definition) is 1. The standard InChI is InChI=1S/C18H19N3O4S/c1-18(2,11-7-8-13(24-3)14(10-11)25-4)20-17(23)21-16(22)12-6-5-9-19-15(12)26-21/h5-10H,1-4H3,(H,20,23). The molecule has 2 heterocycles. The Morgan fingerprint density at radius 2 is 1.92 bits per heavy atom. The third-order valence-electron chi connectivity index (χ3n) is 4.07. The largest absolute Gasteiger partial charge is 0.493 e. The summed E-state index contributed by atoms with van der Waals surface area (Å²) in [5.74, 6) is 1.17. The quantitative estimate of drug-likeness (QED) is 0.760. The molecule has 0 fully saturated rings. The number of methoxy groups -OCH3 is 2. The van der Waals surface area contributed by atoms with Gasteiger partial charge in [0.15, 0.2) is 11.5 Å². The van der Waals surface area contributed by atoms with Crippen LogP contribution in [0.5, 0.6) is 11.5 Å². The summed E-state index contributed by atoms with van der Waals surface area (Å²) in [5.41, 5.74) is -0.297. The maximum atomic E-state index is 12.7. The second-order valence-electron chi connectivity index (χ2n) is 6.17. The van der Waals surface area contributed by atoms with E-state index in [1.807, 2.05) is 19.9 Å². The molecule has 136 valence electrons. The first kappa shape index (κ1) is 17.9. The minimum atomic E-state index is -0.736. The van der Waals surface area contributed by atoms with Gasteiger partial charge >= 0.3 is 6.03 Å². The zero-order chi connectivity index (χ0) is 18.9. The zero-order valence-corrected chi connectivity index (χ0v) is 15.7. The van der Waals surface area contributed by atoms with Crippen LogP contribution in [0.1, 0.15) is 19.4 Å². The van der Waals surface area contributed by atoms with Gasteiger partial charge in [-0.2, -0.15) is 3.96 Å². The number of aromatic nitrogens is 2. The van der Waals surface area contributed by atoms with E-state index in [0.717, 1.165) is 21.1 Å². The van der Waals surface area contributed by atoms with E-state index >= 15 is 0 Å². The Morgan fingerprint density at radius 3 is 2.58 bits per heavy atom. The van der Waals surface area contributed by atoms with Gasteiger partial charge in [0.1, 0.15) is 4.83 Å².